The summed E-state index contributed by atoms with van der Waals surface area (Å²) in [6, 6.07) is 7.88. The van der Waals surface area contributed by atoms with Crippen molar-refractivity contribution in [2.45, 2.75) is 12.8 Å². The minimum Gasteiger partial charge on any atom is -0.378 e. The van der Waals surface area contributed by atoms with E-state index in [9.17, 15) is 4.79 Å². The normalized spacial score (nSPS) is 14.8. The first-order valence-electron chi connectivity index (χ1n) is 6.00. The van der Waals surface area contributed by atoms with Crippen LogP contribution in [-0.2, 0) is 0 Å². The van der Waals surface area contributed by atoms with Gasteiger partial charge in [-0.1, -0.05) is 0 Å². The first-order valence-corrected chi connectivity index (χ1v) is 6.00. The SMILES string of the molecule is CN(C)c1ccc(NC(=O)N2CCCC2)cc1. The molecule has 0 unspecified atom stereocenters. The van der Waals surface area contributed by atoms with Crippen molar-refractivity contribution >= 4 is 17.4 Å². The van der Waals surface area contributed by atoms with Crippen molar-refractivity contribution in [1.82, 2.24) is 4.90 Å². The van der Waals surface area contributed by atoms with Crippen molar-refractivity contribution in [2.75, 3.05) is 37.4 Å². The molecule has 1 N–H and O–H groups in total. The fourth-order valence-electron chi connectivity index (χ4n) is 1.97. The van der Waals surface area contributed by atoms with Gasteiger partial charge in [0.05, 0.1) is 0 Å². The predicted octanol–water partition coefficient (Wildman–Crippen LogP) is 2.38. The predicted molar refractivity (Wildman–Crippen MR) is 70.6 cm³/mol. The van der Waals surface area contributed by atoms with E-state index in [1.807, 2.05) is 48.2 Å². The lowest BCUT2D eigenvalue weighted by molar-refractivity contribution is 0.222. The maximum Gasteiger partial charge on any atom is 0.321 e. The van der Waals surface area contributed by atoms with Gasteiger partial charge in [-0.15, -0.1) is 0 Å². The molecule has 0 aromatic heterocycles. The molecule has 2 rings (SSSR count). The maximum atomic E-state index is 11.8. The first-order chi connectivity index (χ1) is 8.16. The van der Waals surface area contributed by atoms with Crippen molar-refractivity contribution < 1.29 is 4.79 Å². The van der Waals surface area contributed by atoms with E-state index >= 15 is 0 Å². The molecule has 1 heterocycles. The van der Waals surface area contributed by atoms with Gasteiger partial charge in [-0.25, -0.2) is 4.79 Å². The Labute approximate surface area is 102 Å². The average Bonchev–Trinajstić information content (AvgIpc) is 2.83. The van der Waals surface area contributed by atoms with E-state index in [0.29, 0.717) is 0 Å². The fourth-order valence-corrected chi connectivity index (χ4v) is 1.97. The molecule has 1 aromatic carbocycles. The molecule has 2 amide bonds. The minimum absolute atomic E-state index is 0.0140. The highest BCUT2D eigenvalue weighted by atomic mass is 16.2. The summed E-state index contributed by atoms with van der Waals surface area (Å²) >= 11 is 0. The van der Waals surface area contributed by atoms with Gasteiger partial charge in [-0.05, 0) is 37.1 Å². The summed E-state index contributed by atoms with van der Waals surface area (Å²) in [6.07, 6.45) is 2.24. The van der Waals surface area contributed by atoms with Gasteiger partial charge >= 0.3 is 6.03 Å². The third-order valence-electron chi connectivity index (χ3n) is 3.03. The second-order valence-corrected chi connectivity index (χ2v) is 4.57. The van der Waals surface area contributed by atoms with E-state index in [-0.39, 0.29) is 6.03 Å². The summed E-state index contributed by atoms with van der Waals surface area (Å²) in [5.74, 6) is 0. The number of anilines is 2. The van der Waals surface area contributed by atoms with Gasteiger partial charge in [0.25, 0.3) is 0 Å². The molecule has 4 heteroatoms. The van der Waals surface area contributed by atoms with E-state index in [0.717, 1.165) is 37.3 Å². The number of nitrogens with one attached hydrogen (secondary N) is 1. The second kappa shape index (κ2) is 5.08. The molecule has 4 nitrogen and oxygen atoms in total. The smallest absolute Gasteiger partial charge is 0.321 e. The van der Waals surface area contributed by atoms with Crippen LogP contribution in [0, 0.1) is 0 Å². The van der Waals surface area contributed by atoms with E-state index in [2.05, 4.69) is 5.32 Å². The molecule has 1 aromatic rings. The quantitative estimate of drug-likeness (QED) is 0.851. The maximum absolute atomic E-state index is 11.8. The van der Waals surface area contributed by atoms with Gasteiger partial charge in [0, 0.05) is 38.6 Å². The highest BCUT2D eigenvalue weighted by Crippen LogP contribution is 2.17. The lowest BCUT2D eigenvalue weighted by Gasteiger charge is -2.17. The van der Waals surface area contributed by atoms with Crippen LogP contribution in [0.3, 0.4) is 0 Å². The third kappa shape index (κ3) is 2.90. The topological polar surface area (TPSA) is 35.6 Å². The van der Waals surface area contributed by atoms with E-state index in [1.165, 1.54) is 0 Å². The van der Waals surface area contributed by atoms with Gasteiger partial charge in [-0.3, -0.25) is 0 Å². The van der Waals surface area contributed by atoms with Crippen LogP contribution < -0.4 is 10.2 Å². The molecule has 0 saturated carbocycles. The zero-order valence-corrected chi connectivity index (χ0v) is 10.4. The zero-order valence-electron chi connectivity index (χ0n) is 10.4. The lowest BCUT2D eigenvalue weighted by atomic mass is 10.2. The Kier molecular flexibility index (Phi) is 3.52. The molecule has 0 aliphatic carbocycles. The summed E-state index contributed by atoms with van der Waals surface area (Å²) in [7, 11) is 4.00. The Balaban J connectivity index is 1.96. The molecule has 0 radical (unpaired) electrons. The average molecular weight is 233 g/mol. The molecule has 1 aliphatic rings. The van der Waals surface area contributed by atoms with Gasteiger partial charge in [0.1, 0.15) is 0 Å². The number of nitrogens with zero attached hydrogens (tertiary/aromatic N) is 2. The Bertz CT molecular complexity index is 380. The minimum atomic E-state index is 0.0140. The van der Waals surface area contributed by atoms with E-state index in [4.69, 9.17) is 0 Å². The molecule has 92 valence electrons. The molecule has 17 heavy (non-hydrogen) atoms. The van der Waals surface area contributed by atoms with E-state index in [1.54, 1.807) is 0 Å². The first kappa shape index (κ1) is 11.8. The third-order valence-corrected chi connectivity index (χ3v) is 3.03. The number of carbonyl (C=O) groups excluding carboxylic acids is 1. The molecule has 1 fully saturated rings. The largest absolute Gasteiger partial charge is 0.378 e. The van der Waals surface area contributed by atoms with Gasteiger partial charge in [0.15, 0.2) is 0 Å². The van der Waals surface area contributed by atoms with Crippen LogP contribution in [0.1, 0.15) is 12.8 Å². The molecule has 0 atom stereocenters. The number of rotatable bonds is 2. The van der Waals surface area contributed by atoms with Crippen molar-refractivity contribution in [1.29, 1.82) is 0 Å². The van der Waals surface area contributed by atoms with Crippen molar-refractivity contribution in [2.24, 2.45) is 0 Å². The number of urea groups is 1. The molecular formula is C13H19N3O. The number of carbonyl (C=O) groups is 1. The van der Waals surface area contributed by atoms with E-state index < -0.39 is 0 Å². The summed E-state index contributed by atoms with van der Waals surface area (Å²) in [5.41, 5.74) is 1.98. The van der Waals surface area contributed by atoms with Gasteiger partial charge in [0.2, 0.25) is 0 Å². The van der Waals surface area contributed by atoms with Crippen LogP contribution in [0.25, 0.3) is 0 Å². The zero-order chi connectivity index (χ0) is 12.3. The van der Waals surface area contributed by atoms with Crippen molar-refractivity contribution in [3.63, 3.8) is 0 Å². The monoisotopic (exact) mass is 233 g/mol. The summed E-state index contributed by atoms with van der Waals surface area (Å²) in [5, 5.41) is 2.92. The highest BCUT2D eigenvalue weighted by Gasteiger charge is 2.17. The number of hydrogen-bond donors (Lipinski definition) is 1. The van der Waals surface area contributed by atoms with Crippen LogP contribution in [-0.4, -0.2) is 38.1 Å². The number of hydrogen-bond acceptors (Lipinski definition) is 2. The summed E-state index contributed by atoms with van der Waals surface area (Å²) < 4.78 is 0. The highest BCUT2D eigenvalue weighted by molar-refractivity contribution is 5.89. The number of likely N-dealkylation sites (tertiary alicyclic amines) is 1. The second-order valence-electron chi connectivity index (χ2n) is 4.57. The van der Waals surface area contributed by atoms with Crippen LogP contribution in [0.4, 0.5) is 16.2 Å². The molecule has 1 aliphatic heterocycles. The van der Waals surface area contributed by atoms with Crippen LogP contribution >= 0.6 is 0 Å². The number of benzene rings is 1. The fraction of sp³-hybridized carbons (Fsp3) is 0.462. The Hall–Kier alpha value is -1.71. The Morgan fingerprint density at radius 1 is 1.18 bits per heavy atom. The Morgan fingerprint density at radius 2 is 1.76 bits per heavy atom. The van der Waals surface area contributed by atoms with Gasteiger partial charge in [-0.2, -0.15) is 0 Å². The van der Waals surface area contributed by atoms with Crippen molar-refractivity contribution in [3.05, 3.63) is 24.3 Å². The number of amides is 2. The molecule has 1 saturated heterocycles. The molecule has 0 spiro atoms. The molecular weight excluding hydrogens is 214 g/mol. The lowest BCUT2D eigenvalue weighted by Crippen LogP contribution is -2.32. The molecule has 0 bridgehead atoms. The summed E-state index contributed by atoms with van der Waals surface area (Å²) in [4.78, 5) is 15.7. The standard InChI is InChI=1S/C13H19N3O/c1-15(2)12-7-5-11(6-8-12)14-13(17)16-9-3-4-10-16/h5-8H,3-4,9-10H2,1-2H3,(H,14,17). The van der Waals surface area contributed by atoms with Gasteiger partial charge < -0.3 is 15.1 Å². The Morgan fingerprint density at radius 3 is 2.29 bits per heavy atom. The van der Waals surface area contributed by atoms with Crippen molar-refractivity contribution in [3.8, 4) is 0 Å². The van der Waals surface area contributed by atoms with Crippen LogP contribution in [0.15, 0.2) is 24.3 Å². The van der Waals surface area contributed by atoms with Crippen LogP contribution in [0.2, 0.25) is 0 Å². The van der Waals surface area contributed by atoms with Crippen LogP contribution in [0.5, 0.6) is 0 Å². The summed E-state index contributed by atoms with van der Waals surface area (Å²) in [6.45, 7) is 1.75.